The normalized spacial score (nSPS) is 12.4. The van der Waals surface area contributed by atoms with Crippen molar-refractivity contribution in [1.82, 2.24) is 15.3 Å². The van der Waals surface area contributed by atoms with Gasteiger partial charge < -0.3 is 20.1 Å². The summed E-state index contributed by atoms with van der Waals surface area (Å²) < 4.78 is 25.8. The van der Waals surface area contributed by atoms with Gasteiger partial charge in [0, 0.05) is 25.6 Å². The van der Waals surface area contributed by atoms with Crippen LogP contribution < -0.4 is 5.32 Å². The van der Waals surface area contributed by atoms with Crippen molar-refractivity contribution in [3.05, 3.63) is 29.6 Å². The lowest BCUT2D eigenvalue weighted by Gasteiger charge is -2.17. The van der Waals surface area contributed by atoms with E-state index in [1.165, 1.54) is 7.05 Å². The van der Waals surface area contributed by atoms with Crippen LogP contribution >= 0.6 is 8.38 Å². The maximum Gasteiger partial charge on any atom is 0.231 e. The molecule has 0 spiro atoms. The summed E-state index contributed by atoms with van der Waals surface area (Å²) >= 11 is 0. The van der Waals surface area contributed by atoms with Gasteiger partial charge in [-0.2, -0.15) is 0 Å². The van der Waals surface area contributed by atoms with Crippen LogP contribution in [-0.4, -0.2) is 38.4 Å². The topological polar surface area (TPSA) is 98.2 Å². The first-order chi connectivity index (χ1) is 12.5. The highest BCUT2D eigenvalue weighted by Crippen LogP contribution is 2.35. The van der Waals surface area contributed by atoms with Crippen LogP contribution in [0.25, 0.3) is 11.0 Å². The lowest BCUT2D eigenvalue weighted by Crippen LogP contribution is -2.31. The molecule has 0 aliphatic carbocycles. The van der Waals surface area contributed by atoms with Gasteiger partial charge in [0.15, 0.2) is 20.0 Å². The molecule has 0 saturated carbocycles. The number of aromatic nitrogens is 2. The van der Waals surface area contributed by atoms with Gasteiger partial charge in [0.2, 0.25) is 5.91 Å². The average Bonchev–Trinajstić information content (AvgIpc) is 2.92. The lowest BCUT2D eigenvalue weighted by atomic mass is 10.1. The SMILES string of the molecule is CC(C)Cc1nc2cc(F)c(F)cc2[nH]1.CNC(=O)C(CC(C)C)P(O)O. The van der Waals surface area contributed by atoms with E-state index in [1.54, 1.807) is 0 Å². The number of nitrogens with zero attached hydrogens (tertiary/aromatic N) is 1. The number of hydrogen-bond donors (Lipinski definition) is 4. The first kappa shape index (κ1) is 23.4. The highest BCUT2D eigenvalue weighted by Gasteiger charge is 2.25. The minimum atomic E-state index is -2.15. The fourth-order valence-electron chi connectivity index (χ4n) is 2.46. The number of benzene rings is 1. The summed E-state index contributed by atoms with van der Waals surface area (Å²) in [4.78, 5) is 36.1. The number of aromatic amines is 1. The van der Waals surface area contributed by atoms with Gasteiger partial charge in [-0.15, -0.1) is 0 Å². The largest absolute Gasteiger partial charge is 0.358 e. The van der Waals surface area contributed by atoms with Crippen molar-refractivity contribution in [2.75, 3.05) is 7.05 Å². The summed E-state index contributed by atoms with van der Waals surface area (Å²) in [6.45, 7) is 8.01. The highest BCUT2D eigenvalue weighted by molar-refractivity contribution is 7.47. The first-order valence-electron chi connectivity index (χ1n) is 8.77. The third kappa shape index (κ3) is 7.48. The van der Waals surface area contributed by atoms with Crippen molar-refractivity contribution in [1.29, 1.82) is 0 Å². The van der Waals surface area contributed by atoms with Crippen molar-refractivity contribution in [3.63, 3.8) is 0 Å². The molecule has 1 unspecified atom stereocenters. The monoisotopic (exact) mass is 403 g/mol. The highest BCUT2D eigenvalue weighted by atomic mass is 31.2. The molecule has 1 aromatic heterocycles. The number of halogens is 2. The molecule has 0 aliphatic rings. The van der Waals surface area contributed by atoms with Crippen LogP contribution in [0.4, 0.5) is 8.78 Å². The van der Waals surface area contributed by atoms with Crippen molar-refractivity contribution in [2.24, 2.45) is 11.8 Å². The molecule has 27 heavy (non-hydrogen) atoms. The summed E-state index contributed by atoms with van der Waals surface area (Å²) in [5, 5.41) is 2.41. The third-order valence-electron chi connectivity index (χ3n) is 3.70. The summed E-state index contributed by atoms with van der Waals surface area (Å²) in [7, 11) is -0.659. The average molecular weight is 403 g/mol. The molecule has 0 aliphatic heterocycles. The predicted molar refractivity (Wildman–Crippen MR) is 103 cm³/mol. The fourth-order valence-corrected chi connectivity index (χ4v) is 3.41. The number of carbonyl (C=O) groups excluding carboxylic acids is 1. The molecule has 0 saturated heterocycles. The van der Waals surface area contributed by atoms with Gasteiger partial charge in [-0.3, -0.25) is 4.79 Å². The molecule has 1 atom stereocenters. The number of nitrogens with one attached hydrogen (secondary N) is 2. The molecule has 2 rings (SSSR count). The zero-order valence-corrected chi connectivity index (χ0v) is 17.1. The van der Waals surface area contributed by atoms with Crippen LogP contribution in [0.1, 0.15) is 39.9 Å². The zero-order chi connectivity index (χ0) is 20.7. The standard InChI is InChI=1S/C11H12F2N2.C7H16NO3P/c1-6(2)3-11-14-9-4-7(12)8(13)5-10(9)15-11;1-5(2)4-6(12(10)11)7(9)8-3/h4-6H,3H2,1-2H3,(H,14,15);5-6,10-11H,4H2,1-3H3,(H,8,9). The lowest BCUT2D eigenvalue weighted by molar-refractivity contribution is -0.120. The molecule has 6 nitrogen and oxygen atoms in total. The Balaban J connectivity index is 0.000000279. The smallest absolute Gasteiger partial charge is 0.231 e. The molecule has 0 radical (unpaired) electrons. The van der Waals surface area contributed by atoms with Crippen molar-refractivity contribution in [2.45, 2.75) is 46.2 Å². The third-order valence-corrected chi connectivity index (χ3v) is 4.70. The van der Waals surface area contributed by atoms with Crippen LogP contribution in [0, 0.1) is 23.5 Å². The molecule has 4 N–H and O–H groups in total. The number of H-pyrrole nitrogens is 1. The molecule has 1 aromatic carbocycles. The van der Waals surface area contributed by atoms with Gasteiger partial charge >= 0.3 is 0 Å². The van der Waals surface area contributed by atoms with Gasteiger partial charge in [-0.1, -0.05) is 27.7 Å². The van der Waals surface area contributed by atoms with Crippen molar-refractivity contribution >= 4 is 25.3 Å². The number of imidazole rings is 1. The van der Waals surface area contributed by atoms with Gasteiger partial charge in [0.1, 0.15) is 11.5 Å². The van der Waals surface area contributed by atoms with E-state index in [0.717, 1.165) is 24.4 Å². The Morgan fingerprint density at radius 1 is 1.19 bits per heavy atom. The molecule has 152 valence electrons. The Kier molecular flexibility index (Phi) is 9.22. The van der Waals surface area contributed by atoms with E-state index < -0.39 is 25.7 Å². The molecular weight excluding hydrogens is 375 g/mol. The van der Waals surface area contributed by atoms with Gasteiger partial charge in [-0.25, -0.2) is 13.8 Å². The van der Waals surface area contributed by atoms with E-state index in [1.807, 2.05) is 13.8 Å². The van der Waals surface area contributed by atoms with E-state index >= 15 is 0 Å². The summed E-state index contributed by atoms with van der Waals surface area (Å²) in [6, 6.07) is 2.26. The zero-order valence-electron chi connectivity index (χ0n) is 16.3. The molecule has 0 bridgehead atoms. The maximum absolute atomic E-state index is 12.9. The fraction of sp³-hybridized carbons (Fsp3) is 0.556. The van der Waals surface area contributed by atoms with Gasteiger partial charge in [0.25, 0.3) is 0 Å². The Hall–Kier alpha value is -1.63. The molecule has 1 amide bonds. The molecule has 9 heteroatoms. The van der Waals surface area contributed by atoms with E-state index in [4.69, 9.17) is 9.79 Å². The number of fused-ring (bicyclic) bond motifs is 1. The van der Waals surface area contributed by atoms with E-state index in [2.05, 4.69) is 29.1 Å². The molecule has 0 fully saturated rings. The van der Waals surface area contributed by atoms with Gasteiger partial charge in [-0.05, 0) is 18.3 Å². The Bertz CT molecular complexity index is 712. The van der Waals surface area contributed by atoms with Crippen LogP contribution in [0.5, 0.6) is 0 Å². The number of amides is 1. The van der Waals surface area contributed by atoms with Crippen LogP contribution in [0.2, 0.25) is 0 Å². The van der Waals surface area contributed by atoms with Crippen molar-refractivity contribution < 1.29 is 23.4 Å². The Labute approximate surface area is 159 Å². The number of hydrogen-bond acceptors (Lipinski definition) is 4. The summed E-state index contributed by atoms with van der Waals surface area (Å²) in [6.07, 6.45) is 1.29. The minimum Gasteiger partial charge on any atom is -0.358 e. The van der Waals surface area contributed by atoms with E-state index in [-0.39, 0.29) is 11.8 Å². The second-order valence-corrected chi connectivity index (χ2v) is 8.41. The Morgan fingerprint density at radius 2 is 1.78 bits per heavy atom. The van der Waals surface area contributed by atoms with E-state index in [9.17, 15) is 13.6 Å². The summed E-state index contributed by atoms with van der Waals surface area (Å²) in [5.41, 5.74) is 0.374. The quantitative estimate of drug-likeness (QED) is 0.555. The second kappa shape index (κ2) is 10.6. The van der Waals surface area contributed by atoms with Crippen LogP contribution in [0.15, 0.2) is 12.1 Å². The van der Waals surface area contributed by atoms with Crippen LogP contribution in [-0.2, 0) is 11.2 Å². The molecule has 1 heterocycles. The van der Waals surface area contributed by atoms with Gasteiger partial charge in [0.05, 0.1) is 11.0 Å². The minimum absolute atomic E-state index is 0.289. The van der Waals surface area contributed by atoms with Crippen molar-refractivity contribution in [3.8, 4) is 0 Å². The number of rotatable bonds is 6. The maximum atomic E-state index is 12.9. The predicted octanol–water partition coefficient (Wildman–Crippen LogP) is 3.48. The van der Waals surface area contributed by atoms with E-state index in [0.29, 0.717) is 23.4 Å². The second-order valence-electron chi connectivity index (χ2n) is 7.14. The van der Waals surface area contributed by atoms with Crippen LogP contribution in [0.3, 0.4) is 0 Å². The Morgan fingerprint density at radius 3 is 2.26 bits per heavy atom. The summed E-state index contributed by atoms with van der Waals surface area (Å²) in [5.74, 6) is -0.478. The molecular formula is C18H28F2N3O3P. The first-order valence-corrected chi connectivity index (χ1v) is 10.1. The number of carbonyl (C=O) groups is 1. The molecule has 2 aromatic rings.